The van der Waals surface area contributed by atoms with Crippen molar-refractivity contribution in [3.8, 4) is 5.75 Å². The van der Waals surface area contributed by atoms with Crippen molar-refractivity contribution < 1.29 is 17.9 Å². The minimum atomic E-state index is -4.09. The van der Waals surface area contributed by atoms with Crippen LogP contribution in [0.15, 0.2) is 71.6 Å². The number of carbonyl (C=O) groups is 1. The van der Waals surface area contributed by atoms with Crippen LogP contribution in [0.2, 0.25) is 15.1 Å². The Morgan fingerprint density at radius 2 is 1.69 bits per heavy atom. The van der Waals surface area contributed by atoms with Gasteiger partial charge in [0.1, 0.15) is 11.8 Å². The van der Waals surface area contributed by atoms with Crippen LogP contribution in [0.4, 0.5) is 5.69 Å². The molecule has 0 aliphatic carbocycles. The number of benzene rings is 3. The largest absolute Gasteiger partial charge is 0.495 e. The second-order valence-electron chi connectivity index (χ2n) is 6.75. The van der Waals surface area contributed by atoms with Gasteiger partial charge in [-0.15, -0.1) is 0 Å². The van der Waals surface area contributed by atoms with Gasteiger partial charge in [0, 0.05) is 0 Å². The molecule has 6 nitrogen and oxygen atoms in total. The summed E-state index contributed by atoms with van der Waals surface area (Å²) < 4.78 is 33.6. The van der Waals surface area contributed by atoms with Gasteiger partial charge >= 0.3 is 0 Å². The van der Waals surface area contributed by atoms with E-state index in [0.29, 0.717) is 5.75 Å². The summed E-state index contributed by atoms with van der Waals surface area (Å²) in [5.74, 6) is -0.263. The lowest BCUT2D eigenvalue weighted by Crippen LogP contribution is -2.45. The summed E-state index contributed by atoms with van der Waals surface area (Å²) in [5, 5.41) is 3.20. The van der Waals surface area contributed by atoms with Crippen LogP contribution in [0.3, 0.4) is 0 Å². The number of hydrogen-bond acceptors (Lipinski definition) is 4. The first kappa shape index (κ1) is 24.4. The molecule has 0 aromatic heterocycles. The number of sulfonamides is 1. The molecule has 0 unspecified atom stereocenters. The average Bonchev–Trinajstić information content (AvgIpc) is 2.77. The van der Waals surface area contributed by atoms with E-state index < -0.39 is 22.0 Å². The van der Waals surface area contributed by atoms with Gasteiger partial charge in [-0.1, -0.05) is 71.2 Å². The Balaban J connectivity index is 1.90. The predicted molar refractivity (Wildman–Crippen MR) is 127 cm³/mol. The molecule has 1 amide bonds. The summed E-state index contributed by atoms with van der Waals surface area (Å²) in [7, 11) is -2.67. The first-order valence-corrected chi connectivity index (χ1v) is 12.0. The van der Waals surface area contributed by atoms with Crippen LogP contribution in [0, 0.1) is 0 Å². The number of methoxy groups -OCH3 is 1. The summed E-state index contributed by atoms with van der Waals surface area (Å²) in [6.07, 6.45) is 0.105. The third kappa shape index (κ3) is 5.94. The lowest BCUT2D eigenvalue weighted by molar-refractivity contribution is -0.117. The van der Waals surface area contributed by atoms with Crippen molar-refractivity contribution in [1.82, 2.24) is 4.72 Å². The lowest BCUT2D eigenvalue weighted by Gasteiger charge is -2.19. The zero-order valence-electron chi connectivity index (χ0n) is 16.8. The third-order valence-corrected chi connectivity index (χ3v) is 7.12. The monoisotopic (exact) mass is 512 g/mol. The van der Waals surface area contributed by atoms with E-state index in [4.69, 9.17) is 39.5 Å². The van der Waals surface area contributed by atoms with Crippen LogP contribution >= 0.6 is 34.8 Å². The molecule has 1 atom stereocenters. The number of hydrogen-bond donors (Lipinski definition) is 2. The van der Waals surface area contributed by atoms with Gasteiger partial charge in [0.15, 0.2) is 0 Å². The Morgan fingerprint density at radius 3 is 2.34 bits per heavy atom. The maximum absolute atomic E-state index is 13.1. The highest BCUT2D eigenvalue weighted by molar-refractivity contribution is 7.89. The van der Waals surface area contributed by atoms with Crippen molar-refractivity contribution in [2.24, 2.45) is 0 Å². The van der Waals surface area contributed by atoms with E-state index in [0.717, 1.165) is 5.56 Å². The summed E-state index contributed by atoms with van der Waals surface area (Å²) in [6, 6.07) is 16.7. The van der Waals surface area contributed by atoms with Gasteiger partial charge in [0.2, 0.25) is 15.9 Å². The van der Waals surface area contributed by atoms with Gasteiger partial charge < -0.3 is 10.1 Å². The molecule has 0 saturated carbocycles. The van der Waals surface area contributed by atoms with Crippen LogP contribution in [0.1, 0.15) is 5.56 Å². The Hall–Kier alpha value is -2.29. The molecule has 3 rings (SSSR count). The van der Waals surface area contributed by atoms with E-state index in [9.17, 15) is 13.2 Å². The topological polar surface area (TPSA) is 84.5 Å². The average molecular weight is 514 g/mol. The number of carbonyl (C=O) groups excluding carboxylic acids is 1. The van der Waals surface area contributed by atoms with Crippen molar-refractivity contribution in [3.05, 3.63) is 87.4 Å². The van der Waals surface area contributed by atoms with Crippen molar-refractivity contribution in [2.75, 3.05) is 12.4 Å². The maximum atomic E-state index is 13.1. The summed E-state index contributed by atoms with van der Waals surface area (Å²) in [5.41, 5.74) is 1.04. The molecular formula is C22H19Cl3N2O4S. The number of halogens is 3. The van der Waals surface area contributed by atoms with E-state index in [-0.39, 0.29) is 32.1 Å². The molecule has 168 valence electrons. The zero-order chi connectivity index (χ0) is 23.3. The molecule has 3 aromatic carbocycles. The number of nitrogens with one attached hydrogen (secondary N) is 2. The zero-order valence-corrected chi connectivity index (χ0v) is 19.9. The molecule has 0 bridgehead atoms. The minimum Gasteiger partial charge on any atom is -0.495 e. The van der Waals surface area contributed by atoms with E-state index in [1.54, 1.807) is 42.5 Å². The highest BCUT2D eigenvalue weighted by Gasteiger charge is 2.27. The first-order chi connectivity index (χ1) is 15.2. The summed E-state index contributed by atoms with van der Waals surface area (Å²) >= 11 is 18.3. The lowest BCUT2D eigenvalue weighted by atomic mass is 10.1. The van der Waals surface area contributed by atoms with Gasteiger partial charge in [-0.3, -0.25) is 4.79 Å². The normalized spacial score (nSPS) is 12.2. The van der Waals surface area contributed by atoms with Crippen LogP contribution in [-0.4, -0.2) is 27.5 Å². The molecular weight excluding hydrogens is 495 g/mol. The number of amides is 1. The molecule has 32 heavy (non-hydrogen) atoms. The molecule has 0 radical (unpaired) electrons. The van der Waals surface area contributed by atoms with Crippen molar-refractivity contribution in [3.63, 3.8) is 0 Å². The molecule has 0 fully saturated rings. The van der Waals surface area contributed by atoms with Crippen LogP contribution in [-0.2, 0) is 21.2 Å². The fraction of sp³-hybridized carbons (Fsp3) is 0.136. The second-order valence-corrected chi connectivity index (χ2v) is 9.66. The van der Waals surface area contributed by atoms with Gasteiger partial charge in [0.25, 0.3) is 0 Å². The highest BCUT2D eigenvalue weighted by atomic mass is 35.5. The summed E-state index contributed by atoms with van der Waals surface area (Å²) in [6.45, 7) is 0. The van der Waals surface area contributed by atoms with E-state index in [1.165, 1.54) is 25.3 Å². The van der Waals surface area contributed by atoms with E-state index in [2.05, 4.69) is 10.0 Å². The second kappa shape index (κ2) is 10.6. The Bertz CT molecular complexity index is 1220. The highest BCUT2D eigenvalue weighted by Crippen LogP contribution is 2.30. The molecule has 0 heterocycles. The van der Waals surface area contributed by atoms with Gasteiger partial charge in [-0.25, -0.2) is 8.42 Å². The molecule has 0 saturated heterocycles. The molecule has 3 aromatic rings. The van der Waals surface area contributed by atoms with Crippen LogP contribution in [0.5, 0.6) is 5.75 Å². The standard InChI is InChI=1S/C22H19Cl3N2O4S/c1-31-20-11-10-15(13-17(20)24)32(29,30)27-19(12-14-6-3-2-4-7-14)22(28)26-18-9-5-8-16(23)21(18)25/h2-11,13,19,27H,12H2,1H3,(H,26,28)/t19-/m0/s1. The number of rotatable bonds is 8. The van der Waals surface area contributed by atoms with Gasteiger partial charge in [-0.05, 0) is 42.3 Å². The van der Waals surface area contributed by atoms with Crippen LogP contribution < -0.4 is 14.8 Å². The quantitative estimate of drug-likeness (QED) is 0.434. The smallest absolute Gasteiger partial charge is 0.242 e. The first-order valence-electron chi connectivity index (χ1n) is 9.36. The van der Waals surface area contributed by atoms with Crippen molar-refractivity contribution in [1.29, 1.82) is 0 Å². The Labute approximate surface area is 201 Å². The Morgan fingerprint density at radius 1 is 0.969 bits per heavy atom. The van der Waals surface area contributed by atoms with Crippen molar-refractivity contribution >= 4 is 56.4 Å². The molecule has 2 N–H and O–H groups in total. The van der Waals surface area contributed by atoms with E-state index >= 15 is 0 Å². The van der Waals surface area contributed by atoms with Crippen LogP contribution in [0.25, 0.3) is 0 Å². The summed E-state index contributed by atoms with van der Waals surface area (Å²) in [4.78, 5) is 13.0. The van der Waals surface area contributed by atoms with E-state index in [1.807, 2.05) is 6.07 Å². The van der Waals surface area contributed by atoms with Crippen molar-refractivity contribution in [2.45, 2.75) is 17.4 Å². The van der Waals surface area contributed by atoms with Gasteiger partial charge in [-0.2, -0.15) is 4.72 Å². The SMILES string of the molecule is COc1ccc(S(=O)(=O)N[C@@H](Cc2ccccc2)C(=O)Nc2cccc(Cl)c2Cl)cc1Cl. The Kier molecular flexibility index (Phi) is 8.03. The van der Waals surface area contributed by atoms with Gasteiger partial charge in [0.05, 0.1) is 32.8 Å². The fourth-order valence-corrected chi connectivity index (χ4v) is 4.82. The molecule has 0 spiro atoms. The number of anilines is 1. The molecule has 10 heteroatoms. The minimum absolute atomic E-state index is 0.102. The molecule has 0 aliphatic rings. The maximum Gasteiger partial charge on any atom is 0.242 e. The predicted octanol–water partition coefficient (Wildman–Crippen LogP) is 5.18. The number of ether oxygens (including phenoxy) is 1. The third-order valence-electron chi connectivity index (χ3n) is 4.54. The molecule has 0 aliphatic heterocycles. The fourth-order valence-electron chi connectivity index (χ4n) is 2.93.